The van der Waals surface area contributed by atoms with E-state index in [2.05, 4.69) is 59.2 Å². The number of benzene rings is 2. The predicted molar refractivity (Wildman–Crippen MR) is 126 cm³/mol. The second-order valence-electron chi connectivity index (χ2n) is 7.64. The van der Waals surface area contributed by atoms with Crippen LogP contribution in [0.15, 0.2) is 59.7 Å². The fourth-order valence-corrected chi connectivity index (χ4v) is 4.27. The molecule has 2 unspecified atom stereocenters. The summed E-state index contributed by atoms with van der Waals surface area (Å²) in [6, 6.07) is 14.9. The second-order valence-corrected chi connectivity index (χ2v) is 8.13. The third-order valence-corrected chi connectivity index (χ3v) is 5.95. The van der Waals surface area contributed by atoms with Crippen molar-refractivity contribution in [2.24, 2.45) is 0 Å². The topological polar surface area (TPSA) is 50.4 Å². The minimum absolute atomic E-state index is 0.0489. The highest BCUT2D eigenvalue weighted by Gasteiger charge is 2.21. The number of hydrogen-bond acceptors (Lipinski definition) is 5. The van der Waals surface area contributed by atoms with Crippen molar-refractivity contribution in [3.05, 3.63) is 71.5 Å². The largest absolute Gasteiger partial charge is 0.493 e. The van der Waals surface area contributed by atoms with Crippen LogP contribution in [0.3, 0.4) is 0 Å². The fourth-order valence-electron chi connectivity index (χ4n) is 3.92. The van der Waals surface area contributed by atoms with E-state index in [1.807, 2.05) is 7.05 Å². The van der Waals surface area contributed by atoms with E-state index in [0.29, 0.717) is 6.42 Å². The second kappa shape index (κ2) is 11.8. The van der Waals surface area contributed by atoms with Crippen LogP contribution in [-0.4, -0.2) is 19.9 Å². The van der Waals surface area contributed by atoms with Crippen LogP contribution in [0.5, 0.6) is 0 Å². The summed E-state index contributed by atoms with van der Waals surface area (Å²) in [5.41, 5.74) is 4.64. The number of unbranched alkanes of at least 4 members (excludes halogenated alkanes) is 4. The van der Waals surface area contributed by atoms with Crippen molar-refractivity contribution in [1.29, 1.82) is 0 Å². The molecule has 2 atom stereocenters. The summed E-state index contributed by atoms with van der Waals surface area (Å²) in [5.74, 6) is 0. The van der Waals surface area contributed by atoms with Crippen molar-refractivity contribution in [1.82, 2.24) is 5.32 Å². The van der Waals surface area contributed by atoms with Crippen LogP contribution in [0.2, 0.25) is 0 Å². The van der Waals surface area contributed by atoms with Crippen molar-refractivity contribution in [2.75, 3.05) is 18.9 Å². The van der Waals surface area contributed by atoms with Crippen LogP contribution >= 0.6 is 12.6 Å². The van der Waals surface area contributed by atoms with Crippen molar-refractivity contribution in [3.8, 4) is 0 Å². The Morgan fingerprint density at radius 2 is 1.97 bits per heavy atom. The highest BCUT2D eigenvalue weighted by Crippen LogP contribution is 2.35. The van der Waals surface area contributed by atoms with E-state index in [4.69, 9.17) is 17.4 Å². The van der Waals surface area contributed by atoms with Gasteiger partial charge in [0.05, 0.1) is 12.3 Å². The molecule has 0 saturated heterocycles. The first-order valence-corrected chi connectivity index (χ1v) is 11.3. The summed E-state index contributed by atoms with van der Waals surface area (Å²) in [5, 5.41) is 7.07. The third kappa shape index (κ3) is 5.89. The molecule has 1 aliphatic rings. The summed E-state index contributed by atoms with van der Waals surface area (Å²) in [4.78, 5) is 11.4. The van der Waals surface area contributed by atoms with Gasteiger partial charge in [0.25, 0.3) is 0 Å². The first-order valence-electron chi connectivity index (χ1n) is 10.8. The Morgan fingerprint density at radius 1 is 1.13 bits per heavy atom. The molecule has 0 aliphatic carbocycles. The van der Waals surface area contributed by atoms with E-state index in [0.717, 1.165) is 66.6 Å². The van der Waals surface area contributed by atoms with Crippen molar-refractivity contribution in [2.45, 2.75) is 55.6 Å². The molecule has 0 fully saturated rings. The molecule has 1 heterocycles. The summed E-state index contributed by atoms with van der Waals surface area (Å²) in [6.45, 7) is 0.911. The molecule has 160 valence electrons. The molecule has 30 heavy (non-hydrogen) atoms. The number of para-hydroxylation sites is 1. The van der Waals surface area contributed by atoms with Gasteiger partial charge in [0.15, 0.2) is 0 Å². The van der Waals surface area contributed by atoms with Gasteiger partial charge in [0.1, 0.15) is 12.4 Å². The van der Waals surface area contributed by atoms with Crippen molar-refractivity contribution < 1.29 is 9.53 Å². The number of ether oxygens (including phenoxy) is 1. The molecule has 0 saturated carbocycles. The number of anilines is 1. The van der Waals surface area contributed by atoms with Gasteiger partial charge in [-0.1, -0.05) is 43.2 Å². The Labute approximate surface area is 185 Å². The Kier molecular flexibility index (Phi) is 8.84. The van der Waals surface area contributed by atoms with E-state index in [1.165, 1.54) is 5.56 Å². The first-order chi connectivity index (χ1) is 14.7. The van der Waals surface area contributed by atoms with E-state index >= 15 is 0 Å². The van der Waals surface area contributed by atoms with Gasteiger partial charge >= 0.3 is 0 Å². The number of nitrogens with one attached hydrogen (secondary N) is 2. The van der Waals surface area contributed by atoms with Gasteiger partial charge in [-0.15, -0.1) is 12.6 Å². The van der Waals surface area contributed by atoms with E-state index in [9.17, 15) is 4.79 Å². The summed E-state index contributed by atoms with van der Waals surface area (Å²) in [7, 11) is 1.96. The quantitative estimate of drug-likeness (QED) is 0.228. The van der Waals surface area contributed by atoms with Gasteiger partial charge < -0.3 is 20.2 Å². The van der Waals surface area contributed by atoms with Gasteiger partial charge in [-0.25, -0.2) is 0 Å². The minimum atomic E-state index is 0.0489. The fraction of sp³-hybridized carbons (Fsp3) is 0.400. The van der Waals surface area contributed by atoms with Crippen LogP contribution in [0.25, 0.3) is 0 Å². The van der Waals surface area contributed by atoms with Crippen LogP contribution < -0.4 is 10.6 Å². The Bertz CT molecular complexity index is 845. The van der Waals surface area contributed by atoms with Crippen LogP contribution in [0.4, 0.5) is 5.69 Å². The molecule has 0 aromatic heterocycles. The molecule has 0 spiro atoms. The highest BCUT2D eigenvalue weighted by atomic mass is 32.1. The zero-order chi connectivity index (χ0) is 21.2. The molecule has 0 bridgehead atoms. The van der Waals surface area contributed by atoms with Gasteiger partial charge in [-0.05, 0) is 54.3 Å². The maximum absolute atomic E-state index is 10.5. The van der Waals surface area contributed by atoms with Gasteiger partial charge in [0, 0.05) is 30.5 Å². The normalized spacial score (nSPS) is 16.3. The monoisotopic (exact) mass is 424 g/mol. The van der Waals surface area contributed by atoms with Crippen molar-refractivity contribution in [3.63, 3.8) is 0 Å². The summed E-state index contributed by atoms with van der Waals surface area (Å²) in [6.07, 6.45) is 10.8. The van der Waals surface area contributed by atoms with E-state index in [1.54, 1.807) is 6.26 Å². The molecule has 4 nitrogen and oxygen atoms in total. The molecular formula is C25H32N2O2S. The number of hydrogen-bond donors (Lipinski definition) is 3. The Morgan fingerprint density at radius 3 is 2.70 bits per heavy atom. The van der Waals surface area contributed by atoms with Gasteiger partial charge in [0.2, 0.25) is 0 Å². The molecule has 5 heteroatoms. The summed E-state index contributed by atoms with van der Waals surface area (Å²) < 4.78 is 5.67. The lowest BCUT2D eigenvalue weighted by atomic mass is 9.94. The number of carbonyl (C=O) groups excluding carboxylic acids is 1. The van der Waals surface area contributed by atoms with Gasteiger partial charge in [-0.2, -0.15) is 0 Å². The smallest absolute Gasteiger partial charge is 0.126 e. The Balaban J connectivity index is 1.76. The van der Waals surface area contributed by atoms with Crippen LogP contribution in [-0.2, 0) is 9.53 Å². The molecular weight excluding hydrogens is 392 g/mol. The lowest BCUT2D eigenvalue weighted by Gasteiger charge is -2.24. The maximum Gasteiger partial charge on any atom is 0.126 e. The zero-order valence-corrected chi connectivity index (χ0v) is 18.5. The summed E-state index contributed by atoms with van der Waals surface area (Å²) >= 11 is 4.85. The van der Waals surface area contributed by atoms with Gasteiger partial charge in [-0.3, -0.25) is 0 Å². The number of aldehydes is 1. The zero-order valence-electron chi connectivity index (χ0n) is 17.6. The first kappa shape index (κ1) is 22.4. The molecule has 2 aromatic carbocycles. The molecule has 2 aromatic rings. The average Bonchev–Trinajstić information content (AvgIpc) is 3.31. The number of thiol groups is 1. The number of carbonyl (C=O) groups is 1. The van der Waals surface area contributed by atoms with Crippen LogP contribution in [0, 0.1) is 0 Å². The number of rotatable bonds is 12. The third-order valence-electron chi connectivity index (χ3n) is 5.56. The SMILES string of the molecule is CNc1ccccc1C(NCCCCCCC=O)c1ccc(C2CC=CO2)cc1S. The molecule has 0 radical (unpaired) electrons. The maximum atomic E-state index is 10.5. The minimum Gasteiger partial charge on any atom is -0.493 e. The molecule has 0 amide bonds. The molecule has 2 N–H and O–H groups in total. The lowest BCUT2D eigenvalue weighted by Crippen LogP contribution is -2.25. The standard InChI is InChI=1S/C25H32N2O2S/c1-26-22-11-6-5-10-20(22)25(27-15-7-3-2-4-8-16-28)21-14-13-19(18-24(21)30)23-12-9-17-29-23/h5-6,9-11,13-14,16-18,23,25-27,30H,2-4,7-8,12,15H2,1H3. The van der Waals surface area contributed by atoms with Crippen LogP contribution in [0.1, 0.15) is 67.4 Å². The Hall–Kier alpha value is -2.24. The van der Waals surface area contributed by atoms with E-state index in [-0.39, 0.29) is 12.1 Å². The highest BCUT2D eigenvalue weighted by molar-refractivity contribution is 7.80. The lowest BCUT2D eigenvalue weighted by molar-refractivity contribution is -0.107. The van der Waals surface area contributed by atoms with Crippen molar-refractivity contribution >= 4 is 24.6 Å². The predicted octanol–water partition coefficient (Wildman–Crippen LogP) is 5.82. The average molecular weight is 425 g/mol. The van der Waals surface area contributed by atoms with E-state index < -0.39 is 0 Å². The molecule has 1 aliphatic heterocycles. The molecule has 3 rings (SSSR count).